The van der Waals surface area contributed by atoms with Gasteiger partial charge in [-0.15, -0.1) is 0 Å². The number of aromatic nitrogens is 3. The Morgan fingerprint density at radius 3 is 2.52 bits per heavy atom. The maximum atomic E-state index is 9.82. The third-order valence-electron chi connectivity index (χ3n) is 5.24. The lowest BCUT2D eigenvalue weighted by atomic mass is 9.82. The molecule has 5 heteroatoms. The Morgan fingerprint density at radius 2 is 1.84 bits per heavy atom. The number of anilines is 1. The number of aliphatic hydroxyl groups is 1. The average molecular weight is 342 g/mol. The van der Waals surface area contributed by atoms with Crippen LogP contribution < -0.4 is 4.90 Å². The Balaban J connectivity index is 1.99. The normalized spacial score (nSPS) is 20.8. The molecule has 2 aromatic heterocycles. The highest BCUT2D eigenvalue weighted by Gasteiger charge is 2.24. The molecule has 5 nitrogen and oxygen atoms in total. The molecule has 3 rings (SSSR count). The zero-order valence-corrected chi connectivity index (χ0v) is 15.7. The summed E-state index contributed by atoms with van der Waals surface area (Å²) < 4.78 is 0. The van der Waals surface area contributed by atoms with E-state index in [1.165, 1.54) is 18.4 Å². The van der Waals surface area contributed by atoms with Crippen LogP contribution in [0.25, 0.3) is 10.9 Å². The number of pyridine rings is 1. The Bertz CT molecular complexity index is 708. The van der Waals surface area contributed by atoms with E-state index in [0.717, 1.165) is 61.1 Å². The fraction of sp³-hybridized carbons (Fsp3) is 0.650. The van der Waals surface area contributed by atoms with Gasteiger partial charge in [0.25, 0.3) is 0 Å². The molecule has 0 amide bonds. The van der Waals surface area contributed by atoms with E-state index in [9.17, 15) is 5.11 Å². The molecule has 2 aromatic rings. The molecular formula is C20H30N4O. The minimum atomic E-state index is -0.143. The van der Waals surface area contributed by atoms with E-state index in [4.69, 9.17) is 4.98 Å². The van der Waals surface area contributed by atoms with E-state index in [1.807, 2.05) is 31.4 Å². The van der Waals surface area contributed by atoms with Crippen LogP contribution in [0.3, 0.4) is 0 Å². The zero-order valence-electron chi connectivity index (χ0n) is 15.7. The van der Waals surface area contributed by atoms with Crippen molar-refractivity contribution in [2.75, 3.05) is 19.0 Å². The quantitative estimate of drug-likeness (QED) is 0.808. The number of rotatable bonds is 6. The van der Waals surface area contributed by atoms with Gasteiger partial charge < -0.3 is 10.0 Å². The largest absolute Gasteiger partial charge is 0.393 e. The highest BCUT2D eigenvalue weighted by atomic mass is 16.3. The van der Waals surface area contributed by atoms with Gasteiger partial charge >= 0.3 is 0 Å². The molecule has 1 N–H and O–H groups in total. The van der Waals surface area contributed by atoms with Crippen LogP contribution in [-0.4, -0.2) is 40.3 Å². The van der Waals surface area contributed by atoms with Crippen LogP contribution >= 0.6 is 0 Å². The van der Waals surface area contributed by atoms with Crippen molar-refractivity contribution in [3.05, 3.63) is 23.8 Å². The van der Waals surface area contributed by atoms with Crippen molar-refractivity contribution in [3.8, 4) is 0 Å². The second-order valence-electron chi connectivity index (χ2n) is 7.44. The molecule has 0 atom stereocenters. The number of hydrogen-bond donors (Lipinski definition) is 1. The summed E-state index contributed by atoms with van der Waals surface area (Å²) in [5, 5.41) is 10.9. The maximum Gasteiger partial charge on any atom is 0.139 e. The van der Waals surface area contributed by atoms with Crippen LogP contribution in [0.2, 0.25) is 0 Å². The number of nitrogens with zero attached hydrogens (tertiary/aromatic N) is 4. The van der Waals surface area contributed by atoms with Crippen molar-refractivity contribution in [2.24, 2.45) is 0 Å². The number of unbranched alkanes of at least 4 members (excludes halogenated alkanes) is 2. The smallest absolute Gasteiger partial charge is 0.139 e. The van der Waals surface area contributed by atoms with E-state index >= 15 is 0 Å². The topological polar surface area (TPSA) is 62.1 Å². The molecule has 1 aliphatic rings. The third-order valence-corrected chi connectivity index (χ3v) is 5.24. The number of aryl methyl sites for hydroxylation is 1. The molecule has 0 bridgehead atoms. The van der Waals surface area contributed by atoms with Gasteiger partial charge in [0.15, 0.2) is 0 Å². The Hall–Kier alpha value is -1.75. The fourth-order valence-corrected chi connectivity index (χ4v) is 3.76. The van der Waals surface area contributed by atoms with Gasteiger partial charge in [0.1, 0.15) is 11.6 Å². The molecule has 1 saturated carbocycles. The summed E-state index contributed by atoms with van der Waals surface area (Å²) in [5.74, 6) is 2.30. The first-order valence-corrected chi connectivity index (χ1v) is 9.60. The first kappa shape index (κ1) is 18.1. The predicted molar refractivity (Wildman–Crippen MR) is 102 cm³/mol. The van der Waals surface area contributed by atoms with Crippen molar-refractivity contribution in [1.82, 2.24) is 15.0 Å². The van der Waals surface area contributed by atoms with Crippen molar-refractivity contribution < 1.29 is 5.11 Å². The van der Waals surface area contributed by atoms with Crippen LogP contribution in [0.1, 0.15) is 69.2 Å². The first-order chi connectivity index (χ1) is 12.1. The Kier molecular flexibility index (Phi) is 5.84. The van der Waals surface area contributed by atoms with Gasteiger partial charge in [0, 0.05) is 38.5 Å². The van der Waals surface area contributed by atoms with E-state index in [2.05, 4.69) is 16.9 Å². The first-order valence-electron chi connectivity index (χ1n) is 9.60. The summed E-state index contributed by atoms with van der Waals surface area (Å²) in [5.41, 5.74) is 2.29. The number of fused-ring (bicyclic) bond motifs is 1. The number of aliphatic hydroxyl groups excluding tert-OH is 1. The third kappa shape index (κ3) is 4.09. The monoisotopic (exact) mass is 342 g/mol. The lowest BCUT2D eigenvalue weighted by molar-refractivity contribution is 0.122. The van der Waals surface area contributed by atoms with Crippen LogP contribution in [0, 0.1) is 0 Å². The summed E-state index contributed by atoms with van der Waals surface area (Å²) in [7, 11) is 4.02. The summed E-state index contributed by atoms with van der Waals surface area (Å²) in [4.78, 5) is 16.3. The lowest BCUT2D eigenvalue weighted by Crippen LogP contribution is -2.18. The molecule has 0 spiro atoms. The maximum absolute atomic E-state index is 9.82. The van der Waals surface area contributed by atoms with Gasteiger partial charge in [-0.2, -0.15) is 0 Å². The van der Waals surface area contributed by atoms with Crippen molar-refractivity contribution in [1.29, 1.82) is 0 Å². The van der Waals surface area contributed by atoms with E-state index in [0.29, 0.717) is 5.92 Å². The van der Waals surface area contributed by atoms with E-state index < -0.39 is 0 Å². The molecule has 0 radical (unpaired) electrons. The standard InChI is InChI=1S/C20H30N4O/c1-4-5-6-7-18-21-13-17-19(23-18)16(12-22-20(17)24(2)3)14-8-10-15(25)11-9-14/h12-15,25H,4-11H2,1-3H3. The molecule has 2 heterocycles. The summed E-state index contributed by atoms with van der Waals surface area (Å²) >= 11 is 0. The van der Waals surface area contributed by atoms with Crippen molar-refractivity contribution >= 4 is 16.7 Å². The van der Waals surface area contributed by atoms with E-state index in [1.54, 1.807) is 0 Å². The minimum absolute atomic E-state index is 0.143. The molecule has 25 heavy (non-hydrogen) atoms. The summed E-state index contributed by atoms with van der Waals surface area (Å²) in [6, 6.07) is 0. The SMILES string of the molecule is CCCCCc1ncc2c(N(C)C)ncc(C3CCC(O)CC3)c2n1. The van der Waals surface area contributed by atoms with Gasteiger partial charge in [-0.25, -0.2) is 15.0 Å². The molecule has 1 aliphatic carbocycles. The molecule has 0 unspecified atom stereocenters. The summed E-state index contributed by atoms with van der Waals surface area (Å²) in [6.07, 6.45) is 12.1. The second kappa shape index (κ2) is 8.09. The molecule has 136 valence electrons. The second-order valence-corrected chi connectivity index (χ2v) is 7.44. The van der Waals surface area contributed by atoms with Gasteiger partial charge in [0.2, 0.25) is 0 Å². The molecule has 0 saturated heterocycles. The van der Waals surface area contributed by atoms with Crippen LogP contribution in [-0.2, 0) is 6.42 Å². The van der Waals surface area contributed by atoms with Gasteiger partial charge in [-0.1, -0.05) is 19.8 Å². The van der Waals surface area contributed by atoms with Crippen molar-refractivity contribution in [2.45, 2.75) is 70.3 Å². The highest BCUT2D eigenvalue weighted by molar-refractivity contribution is 5.91. The average Bonchev–Trinajstić information content (AvgIpc) is 2.61. The molecule has 0 aromatic carbocycles. The molecule has 1 fully saturated rings. The Morgan fingerprint density at radius 1 is 1.08 bits per heavy atom. The van der Waals surface area contributed by atoms with Crippen LogP contribution in [0.5, 0.6) is 0 Å². The molecule has 0 aliphatic heterocycles. The summed E-state index contributed by atoms with van der Waals surface area (Å²) in [6.45, 7) is 2.21. The van der Waals surface area contributed by atoms with Gasteiger partial charge in [-0.05, 0) is 38.0 Å². The van der Waals surface area contributed by atoms with Crippen LogP contribution in [0.15, 0.2) is 12.4 Å². The van der Waals surface area contributed by atoms with E-state index in [-0.39, 0.29) is 6.10 Å². The number of hydrogen-bond acceptors (Lipinski definition) is 5. The van der Waals surface area contributed by atoms with Gasteiger partial charge in [0.05, 0.1) is 17.0 Å². The molecular weight excluding hydrogens is 312 g/mol. The predicted octanol–water partition coefficient (Wildman–Crippen LogP) is 3.84. The van der Waals surface area contributed by atoms with Gasteiger partial charge in [-0.3, -0.25) is 0 Å². The highest BCUT2D eigenvalue weighted by Crippen LogP contribution is 2.37. The Labute approximate surface area is 150 Å². The van der Waals surface area contributed by atoms with Crippen LogP contribution in [0.4, 0.5) is 5.82 Å². The zero-order chi connectivity index (χ0) is 17.8. The van der Waals surface area contributed by atoms with Crippen molar-refractivity contribution in [3.63, 3.8) is 0 Å². The lowest BCUT2D eigenvalue weighted by Gasteiger charge is -2.27. The minimum Gasteiger partial charge on any atom is -0.393 e. The fourth-order valence-electron chi connectivity index (χ4n) is 3.76.